The van der Waals surface area contributed by atoms with Crippen molar-refractivity contribution in [2.75, 3.05) is 6.54 Å². The van der Waals surface area contributed by atoms with Gasteiger partial charge in [0.25, 0.3) is 0 Å². The van der Waals surface area contributed by atoms with Gasteiger partial charge in [0, 0.05) is 13.1 Å². The third-order valence-electron chi connectivity index (χ3n) is 3.97. The van der Waals surface area contributed by atoms with E-state index in [-0.39, 0.29) is 11.7 Å². The summed E-state index contributed by atoms with van der Waals surface area (Å²) in [6, 6.07) is 15.3. The Balaban J connectivity index is 1.73. The zero-order valence-corrected chi connectivity index (χ0v) is 12.0. The highest BCUT2D eigenvalue weighted by molar-refractivity contribution is 5.79. The fourth-order valence-corrected chi connectivity index (χ4v) is 2.87. The molecule has 0 bridgehead atoms. The third kappa shape index (κ3) is 3.24. The zero-order chi connectivity index (χ0) is 14.7. The Morgan fingerprint density at radius 1 is 1.10 bits per heavy atom. The molecule has 1 aliphatic heterocycles. The molecule has 2 aromatic carbocycles. The Morgan fingerprint density at radius 3 is 2.71 bits per heavy atom. The predicted molar refractivity (Wildman–Crippen MR) is 82.0 cm³/mol. The van der Waals surface area contributed by atoms with Crippen molar-refractivity contribution in [3.63, 3.8) is 0 Å². The van der Waals surface area contributed by atoms with Gasteiger partial charge >= 0.3 is 0 Å². The number of nitrogens with zero attached hydrogens (tertiary/aromatic N) is 1. The van der Waals surface area contributed by atoms with Gasteiger partial charge in [0.15, 0.2) is 0 Å². The van der Waals surface area contributed by atoms with Gasteiger partial charge in [-0.15, -0.1) is 0 Å². The standard InChI is InChI=1S/C18H19NO2/c20-17-9-3-5-14(11-17)12-18(21)19-10-4-8-15-6-1-2-7-16(15)13-19/h1-3,5-7,9,11,20H,4,8,10,12-13H2. The average molecular weight is 281 g/mol. The van der Waals surface area contributed by atoms with Crippen LogP contribution in [0.1, 0.15) is 23.1 Å². The summed E-state index contributed by atoms with van der Waals surface area (Å²) < 4.78 is 0. The molecular weight excluding hydrogens is 262 g/mol. The molecule has 1 heterocycles. The molecule has 1 N–H and O–H groups in total. The Bertz CT molecular complexity index is 651. The molecule has 3 nitrogen and oxygen atoms in total. The molecule has 0 aliphatic carbocycles. The summed E-state index contributed by atoms with van der Waals surface area (Å²) in [5.74, 6) is 0.332. The van der Waals surface area contributed by atoms with E-state index < -0.39 is 0 Å². The van der Waals surface area contributed by atoms with E-state index in [0.717, 1.165) is 24.9 Å². The quantitative estimate of drug-likeness (QED) is 0.919. The van der Waals surface area contributed by atoms with Crippen LogP contribution in [0.25, 0.3) is 0 Å². The molecule has 0 spiro atoms. The van der Waals surface area contributed by atoms with Gasteiger partial charge < -0.3 is 10.0 Å². The second kappa shape index (κ2) is 6.00. The molecule has 0 aromatic heterocycles. The van der Waals surface area contributed by atoms with Gasteiger partial charge in [-0.3, -0.25) is 4.79 Å². The summed E-state index contributed by atoms with van der Waals surface area (Å²) >= 11 is 0. The van der Waals surface area contributed by atoms with Crippen LogP contribution in [0.5, 0.6) is 5.75 Å². The van der Waals surface area contributed by atoms with Gasteiger partial charge in [-0.1, -0.05) is 36.4 Å². The van der Waals surface area contributed by atoms with Crippen molar-refractivity contribution in [2.45, 2.75) is 25.8 Å². The minimum atomic E-state index is 0.123. The van der Waals surface area contributed by atoms with Crippen LogP contribution in [0.15, 0.2) is 48.5 Å². The Hall–Kier alpha value is -2.29. The van der Waals surface area contributed by atoms with Crippen LogP contribution in [0.2, 0.25) is 0 Å². The second-order valence-electron chi connectivity index (χ2n) is 5.53. The van der Waals surface area contributed by atoms with E-state index in [1.807, 2.05) is 17.0 Å². The highest BCUT2D eigenvalue weighted by atomic mass is 16.3. The molecule has 2 aromatic rings. The maximum absolute atomic E-state index is 12.5. The number of hydrogen-bond donors (Lipinski definition) is 1. The van der Waals surface area contributed by atoms with Crippen molar-refractivity contribution in [3.8, 4) is 5.75 Å². The maximum Gasteiger partial charge on any atom is 0.227 e. The van der Waals surface area contributed by atoms with Crippen LogP contribution >= 0.6 is 0 Å². The molecule has 1 amide bonds. The lowest BCUT2D eigenvalue weighted by atomic mass is 10.0. The lowest BCUT2D eigenvalue weighted by Crippen LogP contribution is -2.31. The first kappa shape index (κ1) is 13.7. The monoisotopic (exact) mass is 281 g/mol. The number of phenols is 1. The molecule has 108 valence electrons. The summed E-state index contributed by atoms with van der Waals surface area (Å²) in [6.45, 7) is 1.49. The van der Waals surface area contributed by atoms with Crippen molar-refractivity contribution in [3.05, 3.63) is 65.2 Å². The van der Waals surface area contributed by atoms with E-state index in [2.05, 4.69) is 18.2 Å². The lowest BCUT2D eigenvalue weighted by Gasteiger charge is -2.21. The number of carbonyl (C=O) groups excluding carboxylic acids is 1. The molecule has 0 unspecified atom stereocenters. The van der Waals surface area contributed by atoms with Crippen molar-refractivity contribution in [1.29, 1.82) is 0 Å². The van der Waals surface area contributed by atoms with Crippen LogP contribution < -0.4 is 0 Å². The van der Waals surface area contributed by atoms with Crippen LogP contribution in [0, 0.1) is 0 Å². The second-order valence-corrected chi connectivity index (χ2v) is 5.53. The fourth-order valence-electron chi connectivity index (χ4n) is 2.87. The molecule has 3 rings (SSSR count). The number of carbonyl (C=O) groups is 1. The molecule has 0 atom stereocenters. The summed E-state index contributed by atoms with van der Waals surface area (Å²) in [5.41, 5.74) is 3.46. The maximum atomic E-state index is 12.5. The molecule has 0 fully saturated rings. The van der Waals surface area contributed by atoms with Crippen molar-refractivity contribution >= 4 is 5.91 Å². The molecule has 0 saturated carbocycles. The first-order valence-electron chi connectivity index (χ1n) is 7.35. The topological polar surface area (TPSA) is 40.5 Å². The van der Waals surface area contributed by atoms with Crippen LogP contribution in [0.4, 0.5) is 0 Å². The van der Waals surface area contributed by atoms with E-state index in [1.165, 1.54) is 11.1 Å². The number of hydrogen-bond acceptors (Lipinski definition) is 2. The Labute approximate surface area is 124 Å². The lowest BCUT2D eigenvalue weighted by molar-refractivity contribution is -0.131. The fraction of sp³-hybridized carbons (Fsp3) is 0.278. The van der Waals surface area contributed by atoms with Crippen molar-refractivity contribution in [2.24, 2.45) is 0 Å². The largest absolute Gasteiger partial charge is 0.508 e. The van der Waals surface area contributed by atoms with E-state index in [4.69, 9.17) is 0 Å². The van der Waals surface area contributed by atoms with E-state index in [0.29, 0.717) is 13.0 Å². The Morgan fingerprint density at radius 2 is 1.90 bits per heavy atom. The van der Waals surface area contributed by atoms with Crippen molar-refractivity contribution < 1.29 is 9.90 Å². The molecule has 0 saturated heterocycles. The number of rotatable bonds is 2. The number of aromatic hydroxyl groups is 1. The van der Waals surface area contributed by atoms with Crippen LogP contribution in [-0.4, -0.2) is 22.5 Å². The Kier molecular flexibility index (Phi) is 3.91. The van der Waals surface area contributed by atoms with Gasteiger partial charge in [0.2, 0.25) is 5.91 Å². The number of benzene rings is 2. The van der Waals surface area contributed by atoms with E-state index in [9.17, 15) is 9.90 Å². The van der Waals surface area contributed by atoms with E-state index >= 15 is 0 Å². The van der Waals surface area contributed by atoms with Crippen molar-refractivity contribution in [1.82, 2.24) is 4.90 Å². The van der Waals surface area contributed by atoms with Gasteiger partial charge in [-0.2, -0.15) is 0 Å². The number of aryl methyl sites for hydroxylation is 1. The third-order valence-corrected chi connectivity index (χ3v) is 3.97. The summed E-state index contributed by atoms with van der Waals surface area (Å²) in [7, 11) is 0. The molecule has 1 aliphatic rings. The summed E-state index contributed by atoms with van der Waals surface area (Å²) in [4.78, 5) is 14.4. The number of phenolic OH excluding ortho intramolecular Hbond substituents is 1. The van der Waals surface area contributed by atoms with Gasteiger partial charge in [0.1, 0.15) is 5.75 Å². The highest BCUT2D eigenvalue weighted by Crippen LogP contribution is 2.19. The smallest absolute Gasteiger partial charge is 0.227 e. The van der Waals surface area contributed by atoms with Crippen LogP contribution in [-0.2, 0) is 24.2 Å². The minimum Gasteiger partial charge on any atom is -0.508 e. The molecule has 0 radical (unpaired) electrons. The van der Waals surface area contributed by atoms with Gasteiger partial charge in [0.05, 0.1) is 6.42 Å². The normalized spacial score (nSPS) is 14.4. The SMILES string of the molecule is O=C(Cc1cccc(O)c1)N1CCCc2ccccc2C1. The average Bonchev–Trinajstić information content (AvgIpc) is 2.69. The summed E-state index contributed by atoms with van der Waals surface area (Å²) in [6.07, 6.45) is 2.38. The number of fused-ring (bicyclic) bond motifs is 1. The predicted octanol–water partition coefficient (Wildman–Crippen LogP) is 2.91. The number of amides is 1. The highest BCUT2D eigenvalue weighted by Gasteiger charge is 2.18. The zero-order valence-electron chi connectivity index (χ0n) is 12.0. The summed E-state index contributed by atoms with van der Waals surface area (Å²) in [5, 5.41) is 9.49. The first-order chi connectivity index (χ1) is 10.2. The van der Waals surface area contributed by atoms with Gasteiger partial charge in [-0.05, 0) is 41.7 Å². The first-order valence-corrected chi connectivity index (χ1v) is 7.35. The molecule has 21 heavy (non-hydrogen) atoms. The van der Waals surface area contributed by atoms with Crippen LogP contribution in [0.3, 0.4) is 0 Å². The molecular formula is C18H19NO2. The van der Waals surface area contributed by atoms with Gasteiger partial charge in [-0.25, -0.2) is 0 Å². The molecule has 3 heteroatoms. The van der Waals surface area contributed by atoms with E-state index in [1.54, 1.807) is 18.2 Å². The minimum absolute atomic E-state index is 0.123.